The van der Waals surface area contributed by atoms with Crippen LogP contribution in [-0.2, 0) is 16.1 Å². The third-order valence-electron chi connectivity index (χ3n) is 1.49. The lowest BCUT2D eigenvalue weighted by molar-refractivity contribution is -0.229. The van der Waals surface area contributed by atoms with E-state index in [0.29, 0.717) is 5.69 Å². The summed E-state index contributed by atoms with van der Waals surface area (Å²) in [7, 11) is 0. The molecule has 1 N–H and O–H groups in total. The molecule has 0 saturated heterocycles. The molecule has 0 fully saturated rings. The third kappa shape index (κ3) is 2.68. The molecule has 4 heteroatoms. The van der Waals surface area contributed by atoms with Crippen LogP contribution in [0.25, 0.3) is 0 Å². The minimum Gasteiger partial charge on any atom is -0.296 e. The molecule has 0 aliphatic rings. The van der Waals surface area contributed by atoms with Crippen LogP contribution in [0.5, 0.6) is 0 Å². The van der Waals surface area contributed by atoms with Crippen molar-refractivity contribution in [3.63, 3.8) is 0 Å². The number of nitrogens with zero attached hydrogens (tertiary/aromatic N) is 1. The second kappa shape index (κ2) is 4.37. The first kappa shape index (κ1) is 9.41. The van der Waals surface area contributed by atoms with Gasteiger partial charge in [0.25, 0.3) is 0 Å². The Hall–Kier alpha value is -1.68. The zero-order valence-electron chi connectivity index (χ0n) is 6.93. The fourth-order valence-electron chi connectivity index (χ4n) is 0.858. The van der Waals surface area contributed by atoms with Crippen molar-refractivity contribution in [3.05, 3.63) is 42.2 Å². The molecular weight excluding hydrogens is 170 g/mol. The molecule has 4 nitrogen and oxygen atoms in total. The van der Waals surface area contributed by atoms with Crippen molar-refractivity contribution < 1.29 is 14.9 Å². The monoisotopic (exact) mass is 179 g/mol. The topological polar surface area (TPSA) is 59.4 Å². The van der Waals surface area contributed by atoms with Crippen molar-refractivity contribution in [3.8, 4) is 0 Å². The molecule has 1 rings (SSSR count). The molecule has 0 radical (unpaired) electrons. The quantitative estimate of drug-likeness (QED) is 0.430. The summed E-state index contributed by atoms with van der Waals surface area (Å²) in [6.45, 7) is 3.45. The van der Waals surface area contributed by atoms with Crippen molar-refractivity contribution >= 4 is 5.97 Å². The van der Waals surface area contributed by atoms with Crippen LogP contribution in [0.15, 0.2) is 36.5 Å². The van der Waals surface area contributed by atoms with Crippen LogP contribution in [0, 0.1) is 0 Å². The van der Waals surface area contributed by atoms with Crippen molar-refractivity contribution in [2.24, 2.45) is 0 Å². The highest BCUT2D eigenvalue weighted by molar-refractivity contribution is 5.87. The van der Waals surface area contributed by atoms with Gasteiger partial charge in [-0.3, -0.25) is 9.87 Å². The number of carbonyl (C=O) groups excluding carboxylic acids is 1. The van der Waals surface area contributed by atoms with E-state index in [1.807, 2.05) is 0 Å². The molecule has 1 heterocycles. The Morgan fingerprint density at radius 3 is 2.92 bits per heavy atom. The first-order chi connectivity index (χ1) is 6.24. The lowest BCUT2D eigenvalue weighted by Gasteiger charge is -2.00. The van der Waals surface area contributed by atoms with E-state index in [9.17, 15) is 4.79 Å². The van der Waals surface area contributed by atoms with Gasteiger partial charge in [-0.15, -0.1) is 0 Å². The second-order valence-electron chi connectivity index (χ2n) is 2.48. The van der Waals surface area contributed by atoms with Gasteiger partial charge in [-0.25, -0.2) is 4.79 Å². The van der Waals surface area contributed by atoms with Crippen molar-refractivity contribution in [1.82, 2.24) is 4.98 Å². The molecule has 13 heavy (non-hydrogen) atoms. The minimum atomic E-state index is -0.828. The molecule has 1 aromatic rings. The number of hydrogen-bond acceptors (Lipinski definition) is 4. The van der Waals surface area contributed by atoms with Gasteiger partial charge in [0.15, 0.2) is 0 Å². The molecule has 0 unspecified atom stereocenters. The molecule has 0 saturated carbocycles. The highest BCUT2D eigenvalue weighted by Gasteiger charge is 2.08. The van der Waals surface area contributed by atoms with Crippen LogP contribution in [0.1, 0.15) is 5.69 Å². The molecular formula is C9H9NO3. The predicted molar refractivity (Wildman–Crippen MR) is 45.8 cm³/mol. The number of carbonyl (C=O) groups is 1. The standard InChI is InChI=1S/C9H9NO3/c1-7(9(11)13-12)6-8-4-2-3-5-10-8/h2-5,12H,1,6H2. The molecule has 0 aromatic carbocycles. The molecule has 0 amide bonds. The van der Waals surface area contributed by atoms with Gasteiger partial charge in [0, 0.05) is 23.9 Å². The first-order valence-electron chi connectivity index (χ1n) is 3.67. The fourth-order valence-corrected chi connectivity index (χ4v) is 0.858. The first-order valence-corrected chi connectivity index (χ1v) is 3.67. The summed E-state index contributed by atoms with van der Waals surface area (Å²) >= 11 is 0. The average molecular weight is 179 g/mol. The lowest BCUT2D eigenvalue weighted by Crippen LogP contribution is -2.06. The molecule has 68 valence electrons. The van der Waals surface area contributed by atoms with Crippen LogP contribution in [-0.4, -0.2) is 16.2 Å². The van der Waals surface area contributed by atoms with Crippen LogP contribution in [0.2, 0.25) is 0 Å². The average Bonchev–Trinajstić information content (AvgIpc) is 2.18. The Balaban J connectivity index is 2.60. The van der Waals surface area contributed by atoms with E-state index in [-0.39, 0.29) is 12.0 Å². The maximum absolute atomic E-state index is 10.7. The SMILES string of the molecule is C=C(Cc1ccccn1)C(=O)OO. The highest BCUT2D eigenvalue weighted by Crippen LogP contribution is 2.03. The second-order valence-corrected chi connectivity index (χ2v) is 2.48. The molecule has 0 atom stereocenters. The van der Waals surface area contributed by atoms with E-state index < -0.39 is 5.97 Å². The predicted octanol–water partition coefficient (Wildman–Crippen LogP) is 1.20. The normalized spacial score (nSPS) is 9.31. The summed E-state index contributed by atoms with van der Waals surface area (Å²) in [5.74, 6) is -0.828. The smallest absolute Gasteiger partial charge is 0.296 e. The van der Waals surface area contributed by atoms with Gasteiger partial charge < -0.3 is 0 Å². The molecule has 0 aliphatic carbocycles. The maximum atomic E-state index is 10.7. The third-order valence-corrected chi connectivity index (χ3v) is 1.49. The van der Waals surface area contributed by atoms with Gasteiger partial charge in [0.05, 0.1) is 0 Å². The summed E-state index contributed by atoms with van der Waals surface area (Å²) in [6, 6.07) is 5.34. The van der Waals surface area contributed by atoms with Crippen molar-refractivity contribution in [2.75, 3.05) is 0 Å². The summed E-state index contributed by atoms with van der Waals surface area (Å²) < 4.78 is 0. The Kier molecular flexibility index (Phi) is 3.16. The lowest BCUT2D eigenvalue weighted by atomic mass is 10.1. The highest BCUT2D eigenvalue weighted by atomic mass is 17.1. The number of hydrogen-bond donors (Lipinski definition) is 1. The summed E-state index contributed by atoms with van der Waals surface area (Å²) in [6.07, 6.45) is 1.90. The van der Waals surface area contributed by atoms with E-state index >= 15 is 0 Å². The largest absolute Gasteiger partial charge is 0.368 e. The van der Waals surface area contributed by atoms with Gasteiger partial charge in [0.1, 0.15) is 0 Å². The Labute approximate surface area is 75.4 Å². The van der Waals surface area contributed by atoms with Crippen molar-refractivity contribution in [1.29, 1.82) is 0 Å². The summed E-state index contributed by atoms with van der Waals surface area (Å²) in [4.78, 5) is 18.2. The minimum absolute atomic E-state index is 0.168. The van der Waals surface area contributed by atoms with Crippen LogP contribution in [0.4, 0.5) is 0 Å². The van der Waals surface area contributed by atoms with Gasteiger partial charge in [-0.05, 0) is 12.1 Å². The molecule has 0 aliphatic heterocycles. The summed E-state index contributed by atoms with van der Waals surface area (Å²) in [5, 5.41) is 8.05. The zero-order valence-corrected chi connectivity index (χ0v) is 6.93. The van der Waals surface area contributed by atoms with E-state index in [4.69, 9.17) is 5.26 Å². The molecule has 0 spiro atoms. The van der Waals surface area contributed by atoms with Gasteiger partial charge in [-0.2, -0.15) is 5.26 Å². The van der Waals surface area contributed by atoms with E-state index in [1.54, 1.807) is 24.4 Å². The Morgan fingerprint density at radius 1 is 1.62 bits per heavy atom. The summed E-state index contributed by atoms with van der Waals surface area (Å²) in [5.41, 5.74) is 0.874. The fraction of sp³-hybridized carbons (Fsp3) is 0.111. The van der Waals surface area contributed by atoms with Gasteiger partial charge in [-0.1, -0.05) is 12.6 Å². The number of pyridine rings is 1. The number of rotatable bonds is 3. The molecule has 1 aromatic heterocycles. The maximum Gasteiger partial charge on any atom is 0.368 e. The number of aromatic nitrogens is 1. The van der Waals surface area contributed by atoms with Gasteiger partial charge >= 0.3 is 5.97 Å². The Morgan fingerprint density at radius 2 is 2.38 bits per heavy atom. The van der Waals surface area contributed by atoms with E-state index in [0.717, 1.165) is 0 Å². The van der Waals surface area contributed by atoms with E-state index in [1.165, 1.54) is 0 Å². The Bertz CT molecular complexity index is 308. The van der Waals surface area contributed by atoms with Gasteiger partial charge in [0.2, 0.25) is 0 Å². The van der Waals surface area contributed by atoms with Crippen LogP contribution < -0.4 is 0 Å². The molecule has 0 bridgehead atoms. The van der Waals surface area contributed by atoms with Crippen molar-refractivity contribution in [2.45, 2.75) is 6.42 Å². The van der Waals surface area contributed by atoms with Crippen LogP contribution in [0.3, 0.4) is 0 Å². The van der Waals surface area contributed by atoms with E-state index in [2.05, 4.69) is 16.5 Å². The van der Waals surface area contributed by atoms with Crippen LogP contribution >= 0.6 is 0 Å². The zero-order chi connectivity index (χ0) is 9.68.